The van der Waals surface area contributed by atoms with E-state index in [0.29, 0.717) is 5.92 Å². The van der Waals surface area contributed by atoms with E-state index in [1.165, 1.54) is 108 Å². The minimum Gasteiger partial charge on any atom is -0.249 e. The van der Waals surface area contributed by atoms with Gasteiger partial charge in [-0.1, -0.05) is 104 Å². The molecule has 0 spiro atoms. The third-order valence-corrected chi connectivity index (χ3v) is 6.14. The molecule has 0 aliphatic carbocycles. The Kier molecular flexibility index (Phi) is 14.6. The Labute approximate surface area is 155 Å². The Hall–Kier alpha value is -0.370. The second-order valence-electron chi connectivity index (χ2n) is 7.36. The van der Waals surface area contributed by atoms with Crippen molar-refractivity contribution in [2.24, 2.45) is 0 Å². The Balaban J connectivity index is 1.80. The predicted octanol–water partition coefficient (Wildman–Crippen LogP) is 8.51. The first-order chi connectivity index (χ1) is 11.9. The summed E-state index contributed by atoms with van der Waals surface area (Å²) < 4.78 is 0. The molecule has 0 aromatic carbocycles. The van der Waals surface area contributed by atoms with Gasteiger partial charge in [0.2, 0.25) is 0 Å². The molecule has 1 heterocycles. The highest BCUT2D eigenvalue weighted by Gasteiger charge is 2.11. The predicted molar refractivity (Wildman–Crippen MR) is 110 cm³/mol. The lowest BCUT2D eigenvalue weighted by molar-refractivity contribution is 0.512. The van der Waals surface area contributed by atoms with Crippen molar-refractivity contribution < 1.29 is 0 Å². The molecule has 0 saturated heterocycles. The number of hydrogen-bond donors (Lipinski definition) is 0. The van der Waals surface area contributed by atoms with Gasteiger partial charge in [-0.15, -0.1) is 11.3 Å². The molecule has 0 amide bonds. The van der Waals surface area contributed by atoms with Crippen LogP contribution in [0.25, 0.3) is 0 Å². The Morgan fingerprint density at radius 3 is 1.67 bits per heavy atom. The van der Waals surface area contributed by atoms with Gasteiger partial charge in [0.05, 0.1) is 5.01 Å². The lowest BCUT2D eigenvalue weighted by Gasteiger charge is -2.11. The van der Waals surface area contributed by atoms with E-state index in [9.17, 15) is 0 Å². The molecule has 1 unspecified atom stereocenters. The first-order valence-corrected chi connectivity index (χ1v) is 11.7. The van der Waals surface area contributed by atoms with E-state index < -0.39 is 0 Å². The molecule has 0 aliphatic heterocycles. The van der Waals surface area contributed by atoms with Gasteiger partial charge in [0, 0.05) is 17.5 Å². The largest absolute Gasteiger partial charge is 0.249 e. The van der Waals surface area contributed by atoms with Gasteiger partial charge in [-0.2, -0.15) is 0 Å². The summed E-state index contributed by atoms with van der Waals surface area (Å²) in [7, 11) is 0. The highest BCUT2D eigenvalue weighted by Crippen LogP contribution is 2.27. The van der Waals surface area contributed by atoms with Gasteiger partial charge in [-0.3, -0.25) is 0 Å². The normalized spacial score (nSPS) is 12.6. The molecule has 0 N–H and O–H groups in total. The summed E-state index contributed by atoms with van der Waals surface area (Å²) in [5, 5.41) is 3.47. The highest BCUT2D eigenvalue weighted by molar-refractivity contribution is 7.09. The third-order valence-electron chi connectivity index (χ3n) is 5.20. The molecule has 0 saturated carbocycles. The summed E-state index contributed by atoms with van der Waals surface area (Å²) in [6, 6.07) is 0. The number of aromatic nitrogens is 1. The van der Waals surface area contributed by atoms with E-state index in [4.69, 9.17) is 0 Å². The fourth-order valence-electron chi connectivity index (χ4n) is 3.52. The average molecular weight is 352 g/mol. The van der Waals surface area contributed by atoms with Crippen LogP contribution in [0.3, 0.4) is 0 Å². The number of unbranched alkanes of at least 4 members (excludes halogenated alkanes) is 13. The van der Waals surface area contributed by atoms with Crippen LogP contribution in [0.4, 0.5) is 0 Å². The summed E-state index contributed by atoms with van der Waals surface area (Å²) in [5.74, 6) is 0.710. The molecular formula is C22H41NS. The number of hydrogen-bond acceptors (Lipinski definition) is 2. The zero-order chi connectivity index (χ0) is 17.3. The van der Waals surface area contributed by atoms with Crippen LogP contribution in [0.2, 0.25) is 0 Å². The first kappa shape index (κ1) is 21.7. The topological polar surface area (TPSA) is 12.9 Å². The van der Waals surface area contributed by atoms with Crippen LogP contribution in [-0.4, -0.2) is 4.98 Å². The molecule has 1 aromatic rings. The molecule has 0 bridgehead atoms. The second-order valence-corrected chi connectivity index (χ2v) is 8.29. The quantitative estimate of drug-likeness (QED) is 0.256. The van der Waals surface area contributed by atoms with E-state index in [2.05, 4.69) is 24.2 Å². The summed E-state index contributed by atoms with van der Waals surface area (Å²) >= 11 is 1.83. The lowest BCUT2D eigenvalue weighted by atomic mass is 9.98. The Bertz CT molecular complexity index is 347. The molecule has 2 heteroatoms. The zero-order valence-electron chi connectivity index (χ0n) is 16.4. The zero-order valence-corrected chi connectivity index (χ0v) is 17.2. The Morgan fingerprint density at radius 2 is 1.25 bits per heavy atom. The van der Waals surface area contributed by atoms with E-state index in [0.717, 1.165) is 0 Å². The standard InChI is InChI=1S/C22H41NS/c1-3-5-6-7-8-9-10-11-12-13-14-15-16-17-18-21(4-2)22-23-19-20-24-22/h19-21H,3-18H2,1-2H3. The summed E-state index contributed by atoms with van der Waals surface area (Å²) in [5.41, 5.74) is 0. The molecule has 0 aliphatic rings. The van der Waals surface area contributed by atoms with Gasteiger partial charge in [-0.25, -0.2) is 4.98 Å². The minimum absolute atomic E-state index is 0.710. The molecule has 0 radical (unpaired) electrons. The van der Waals surface area contributed by atoms with Crippen molar-refractivity contribution in [2.45, 2.75) is 122 Å². The molecule has 0 fully saturated rings. The lowest BCUT2D eigenvalue weighted by Crippen LogP contribution is -1.96. The van der Waals surface area contributed by atoms with Crippen molar-refractivity contribution in [2.75, 3.05) is 0 Å². The Morgan fingerprint density at radius 1 is 0.750 bits per heavy atom. The molecule has 1 rings (SSSR count). The van der Waals surface area contributed by atoms with E-state index in [-0.39, 0.29) is 0 Å². The van der Waals surface area contributed by atoms with Crippen LogP contribution in [0.15, 0.2) is 11.6 Å². The fourth-order valence-corrected chi connectivity index (χ4v) is 4.38. The molecule has 24 heavy (non-hydrogen) atoms. The molecule has 1 aromatic heterocycles. The second kappa shape index (κ2) is 16.1. The fraction of sp³-hybridized carbons (Fsp3) is 0.864. The molecule has 140 valence electrons. The average Bonchev–Trinajstić information content (AvgIpc) is 3.13. The van der Waals surface area contributed by atoms with Crippen molar-refractivity contribution >= 4 is 11.3 Å². The van der Waals surface area contributed by atoms with Crippen molar-refractivity contribution in [1.29, 1.82) is 0 Å². The van der Waals surface area contributed by atoms with Gasteiger partial charge in [0.1, 0.15) is 0 Å². The minimum atomic E-state index is 0.710. The van der Waals surface area contributed by atoms with Crippen LogP contribution >= 0.6 is 11.3 Å². The van der Waals surface area contributed by atoms with E-state index >= 15 is 0 Å². The number of nitrogens with zero attached hydrogens (tertiary/aromatic N) is 1. The maximum atomic E-state index is 4.49. The van der Waals surface area contributed by atoms with Crippen LogP contribution in [0, 0.1) is 0 Å². The summed E-state index contributed by atoms with van der Waals surface area (Å²) in [6.45, 7) is 4.60. The highest BCUT2D eigenvalue weighted by atomic mass is 32.1. The SMILES string of the molecule is CCCCCCCCCCCCCCCCC(CC)c1nccs1. The smallest absolute Gasteiger partial charge is 0.0955 e. The van der Waals surface area contributed by atoms with Crippen LogP contribution in [0.1, 0.15) is 128 Å². The van der Waals surface area contributed by atoms with E-state index in [1.54, 1.807) is 0 Å². The van der Waals surface area contributed by atoms with Crippen molar-refractivity contribution in [3.8, 4) is 0 Å². The van der Waals surface area contributed by atoms with Crippen molar-refractivity contribution in [1.82, 2.24) is 4.98 Å². The van der Waals surface area contributed by atoms with Gasteiger partial charge in [-0.05, 0) is 12.8 Å². The van der Waals surface area contributed by atoms with Crippen LogP contribution in [-0.2, 0) is 0 Å². The van der Waals surface area contributed by atoms with Gasteiger partial charge >= 0.3 is 0 Å². The maximum Gasteiger partial charge on any atom is 0.0955 e. The summed E-state index contributed by atoms with van der Waals surface area (Å²) in [6.07, 6.45) is 24.7. The maximum absolute atomic E-state index is 4.49. The van der Waals surface area contributed by atoms with Gasteiger partial charge in [0.15, 0.2) is 0 Å². The van der Waals surface area contributed by atoms with Crippen molar-refractivity contribution in [3.63, 3.8) is 0 Å². The van der Waals surface area contributed by atoms with Crippen LogP contribution < -0.4 is 0 Å². The van der Waals surface area contributed by atoms with E-state index in [1.807, 2.05) is 17.5 Å². The van der Waals surface area contributed by atoms with Gasteiger partial charge in [0.25, 0.3) is 0 Å². The van der Waals surface area contributed by atoms with Gasteiger partial charge < -0.3 is 0 Å². The molecule has 1 nitrogen and oxygen atoms in total. The van der Waals surface area contributed by atoms with Crippen molar-refractivity contribution in [3.05, 3.63) is 16.6 Å². The van der Waals surface area contributed by atoms with Crippen LogP contribution in [0.5, 0.6) is 0 Å². The summed E-state index contributed by atoms with van der Waals surface area (Å²) in [4.78, 5) is 4.49. The first-order valence-electron chi connectivity index (χ1n) is 10.8. The number of thiazole rings is 1. The number of rotatable bonds is 17. The molecule has 1 atom stereocenters. The molecular weight excluding hydrogens is 310 g/mol. The monoisotopic (exact) mass is 351 g/mol. The third kappa shape index (κ3) is 11.2.